The maximum absolute atomic E-state index is 12.2. The zero-order chi connectivity index (χ0) is 16.4. The van der Waals surface area contributed by atoms with Crippen molar-refractivity contribution < 1.29 is 4.79 Å². The fourth-order valence-electron chi connectivity index (χ4n) is 3.13. The summed E-state index contributed by atoms with van der Waals surface area (Å²) in [5.74, 6) is 0. The Morgan fingerprint density at radius 1 is 1.52 bits per heavy atom. The van der Waals surface area contributed by atoms with Crippen molar-refractivity contribution in [3.63, 3.8) is 0 Å². The van der Waals surface area contributed by atoms with Crippen LogP contribution in [-0.4, -0.2) is 22.3 Å². The molecule has 0 bridgehead atoms. The fourth-order valence-corrected chi connectivity index (χ4v) is 3.40. The Kier molecular flexibility index (Phi) is 4.57. The standard InChI is InChI=1S/C17H21ClN4O/c1-10(8-12-9-11(2)21-22-12)19-17(23)20-16-7-6-13-14(16)4-3-5-15(13)18/h3-5,9-10,16H,6-8H2,1-2H3,(H,21,22)(H2,19,20,23). The van der Waals surface area contributed by atoms with Crippen LogP contribution in [0.1, 0.15) is 41.9 Å². The first-order valence-corrected chi connectivity index (χ1v) is 8.26. The van der Waals surface area contributed by atoms with E-state index >= 15 is 0 Å². The minimum atomic E-state index is -0.150. The maximum atomic E-state index is 12.2. The van der Waals surface area contributed by atoms with Crippen molar-refractivity contribution in [2.24, 2.45) is 0 Å². The van der Waals surface area contributed by atoms with Crippen LogP contribution in [0.25, 0.3) is 0 Å². The van der Waals surface area contributed by atoms with E-state index in [-0.39, 0.29) is 18.1 Å². The molecule has 3 N–H and O–H groups in total. The van der Waals surface area contributed by atoms with E-state index in [1.165, 1.54) is 0 Å². The third-order valence-electron chi connectivity index (χ3n) is 4.17. The highest BCUT2D eigenvalue weighted by molar-refractivity contribution is 6.31. The molecular weight excluding hydrogens is 312 g/mol. The number of halogens is 1. The Balaban J connectivity index is 1.55. The maximum Gasteiger partial charge on any atom is 0.315 e. The Labute approximate surface area is 140 Å². The van der Waals surface area contributed by atoms with Gasteiger partial charge in [0.2, 0.25) is 0 Å². The SMILES string of the molecule is Cc1cc(CC(C)NC(=O)NC2CCc3c(Cl)cccc32)n[nH]1. The molecule has 2 atom stereocenters. The van der Waals surface area contributed by atoms with Crippen LogP contribution < -0.4 is 10.6 Å². The van der Waals surface area contributed by atoms with Crippen molar-refractivity contribution >= 4 is 17.6 Å². The number of aromatic nitrogens is 2. The van der Waals surface area contributed by atoms with Gasteiger partial charge < -0.3 is 10.6 Å². The van der Waals surface area contributed by atoms with Gasteiger partial charge in [0.25, 0.3) is 0 Å². The first-order chi connectivity index (χ1) is 11.0. The molecule has 1 aromatic carbocycles. The van der Waals surface area contributed by atoms with E-state index in [4.69, 9.17) is 11.6 Å². The molecule has 5 nitrogen and oxygen atoms in total. The Morgan fingerprint density at radius 2 is 2.35 bits per heavy atom. The summed E-state index contributed by atoms with van der Waals surface area (Å²) in [6, 6.07) is 7.75. The van der Waals surface area contributed by atoms with Gasteiger partial charge in [0.05, 0.1) is 11.7 Å². The number of nitrogens with zero attached hydrogens (tertiary/aromatic N) is 1. The van der Waals surface area contributed by atoms with Gasteiger partial charge in [-0.05, 0) is 49.9 Å². The predicted octanol–water partition coefficient (Wildman–Crippen LogP) is 3.29. The van der Waals surface area contributed by atoms with Crippen LogP contribution in [0.4, 0.5) is 4.79 Å². The smallest absolute Gasteiger partial charge is 0.315 e. The highest BCUT2D eigenvalue weighted by atomic mass is 35.5. The molecule has 2 unspecified atom stereocenters. The molecule has 1 aliphatic carbocycles. The van der Waals surface area contributed by atoms with Crippen LogP contribution in [0.5, 0.6) is 0 Å². The number of hydrogen-bond acceptors (Lipinski definition) is 2. The van der Waals surface area contributed by atoms with Crippen molar-refractivity contribution in [2.45, 2.75) is 45.2 Å². The van der Waals surface area contributed by atoms with E-state index in [2.05, 4.69) is 20.8 Å². The average molecular weight is 333 g/mol. The van der Waals surface area contributed by atoms with Crippen LogP contribution >= 0.6 is 11.6 Å². The molecule has 23 heavy (non-hydrogen) atoms. The number of aryl methyl sites for hydroxylation is 1. The molecule has 1 heterocycles. The first-order valence-electron chi connectivity index (χ1n) is 7.88. The summed E-state index contributed by atoms with van der Waals surface area (Å²) in [4.78, 5) is 12.2. The van der Waals surface area contributed by atoms with Crippen LogP contribution in [0.3, 0.4) is 0 Å². The molecule has 1 aromatic heterocycles. The molecule has 0 spiro atoms. The topological polar surface area (TPSA) is 69.8 Å². The lowest BCUT2D eigenvalue weighted by Crippen LogP contribution is -2.42. The van der Waals surface area contributed by atoms with Crippen molar-refractivity contribution in [3.05, 3.63) is 51.8 Å². The normalized spacial score (nSPS) is 17.6. The summed E-state index contributed by atoms with van der Waals surface area (Å²) in [6.45, 7) is 3.94. The summed E-state index contributed by atoms with van der Waals surface area (Å²) in [5, 5.41) is 13.9. The molecule has 0 aliphatic heterocycles. The third kappa shape index (κ3) is 3.67. The quantitative estimate of drug-likeness (QED) is 0.804. The first kappa shape index (κ1) is 15.9. The molecule has 2 aromatic rings. The zero-order valence-electron chi connectivity index (χ0n) is 13.3. The molecule has 1 aliphatic rings. The largest absolute Gasteiger partial charge is 0.335 e. The minimum Gasteiger partial charge on any atom is -0.335 e. The summed E-state index contributed by atoms with van der Waals surface area (Å²) < 4.78 is 0. The van der Waals surface area contributed by atoms with E-state index in [0.717, 1.165) is 40.4 Å². The van der Waals surface area contributed by atoms with Crippen molar-refractivity contribution in [2.75, 3.05) is 0 Å². The number of rotatable bonds is 4. The summed E-state index contributed by atoms with van der Waals surface area (Å²) in [6.07, 6.45) is 2.49. The van der Waals surface area contributed by atoms with Crippen molar-refractivity contribution in [1.29, 1.82) is 0 Å². The number of carbonyl (C=O) groups is 1. The number of hydrogen-bond donors (Lipinski definition) is 3. The lowest BCUT2D eigenvalue weighted by atomic mass is 10.1. The van der Waals surface area contributed by atoms with Gasteiger partial charge in [-0.25, -0.2) is 4.79 Å². The molecule has 6 heteroatoms. The number of H-pyrrole nitrogens is 1. The predicted molar refractivity (Wildman–Crippen MR) is 90.7 cm³/mol. The highest BCUT2D eigenvalue weighted by Crippen LogP contribution is 2.35. The van der Waals surface area contributed by atoms with E-state index in [1.54, 1.807) is 0 Å². The van der Waals surface area contributed by atoms with Crippen LogP contribution in [0.2, 0.25) is 5.02 Å². The number of carbonyl (C=O) groups excluding carboxylic acids is 1. The van der Waals surface area contributed by atoms with E-state index < -0.39 is 0 Å². The molecule has 0 radical (unpaired) electrons. The number of nitrogens with one attached hydrogen (secondary N) is 3. The van der Waals surface area contributed by atoms with Gasteiger partial charge in [0, 0.05) is 23.2 Å². The second kappa shape index (κ2) is 6.62. The van der Waals surface area contributed by atoms with Crippen LogP contribution in [0, 0.1) is 6.92 Å². The number of aromatic amines is 1. The second-order valence-electron chi connectivity index (χ2n) is 6.16. The van der Waals surface area contributed by atoms with Gasteiger partial charge in [0.15, 0.2) is 0 Å². The molecule has 3 rings (SSSR count). The molecule has 0 saturated carbocycles. The molecular formula is C17H21ClN4O. The number of fused-ring (bicyclic) bond motifs is 1. The van der Waals surface area contributed by atoms with Crippen LogP contribution in [-0.2, 0) is 12.8 Å². The molecule has 0 fully saturated rings. The lowest BCUT2D eigenvalue weighted by molar-refractivity contribution is 0.233. The van der Waals surface area contributed by atoms with Gasteiger partial charge in [0.1, 0.15) is 0 Å². The second-order valence-corrected chi connectivity index (χ2v) is 6.57. The highest BCUT2D eigenvalue weighted by Gasteiger charge is 2.25. The van der Waals surface area contributed by atoms with E-state index in [0.29, 0.717) is 6.42 Å². The van der Waals surface area contributed by atoms with Crippen molar-refractivity contribution in [3.8, 4) is 0 Å². The van der Waals surface area contributed by atoms with Gasteiger partial charge in [-0.15, -0.1) is 0 Å². The van der Waals surface area contributed by atoms with E-state index in [1.807, 2.05) is 38.1 Å². The van der Waals surface area contributed by atoms with Gasteiger partial charge in [-0.2, -0.15) is 5.10 Å². The lowest BCUT2D eigenvalue weighted by Gasteiger charge is -2.18. The third-order valence-corrected chi connectivity index (χ3v) is 4.52. The summed E-state index contributed by atoms with van der Waals surface area (Å²) in [7, 11) is 0. The Hall–Kier alpha value is -2.01. The number of amides is 2. The molecule has 122 valence electrons. The van der Waals surface area contributed by atoms with Gasteiger partial charge in [-0.3, -0.25) is 5.10 Å². The zero-order valence-corrected chi connectivity index (χ0v) is 14.1. The molecule has 0 saturated heterocycles. The Bertz CT molecular complexity index is 712. The minimum absolute atomic E-state index is 0.0120. The van der Waals surface area contributed by atoms with Gasteiger partial charge >= 0.3 is 6.03 Å². The monoisotopic (exact) mass is 332 g/mol. The summed E-state index contributed by atoms with van der Waals surface area (Å²) >= 11 is 6.21. The van der Waals surface area contributed by atoms with Gasteiger partial charge in [-0.1, -0.05) is 23.7 Å². The molecule has 2 amide bonds. The number of urea groups is 1. The summed E-state index contributed by atoms with van der Waals surface area (Å²) in [5.41, 5.74) is 4.26. The van der Waals surface area contributed by atoms with Crippen LogP contribution in [0.15, 0.2) is 24.3 Å². The van der Waals surface area contributed by atoms with E-state index in [9.17, 15) is 4.79 Å². The van der Waals surface area contributed by atoms with Crippen molar-refractivity contribution in [1.82, 2.24) is 20.8 Å². The average Bonchev–Trinajstić information content (AvgIpc) is 3.07. The number of benzene rings is 1. The Morgan fingerprint density at radius 3 is 3.09 bits per heavy atom. The fraction of sp³-hybridized carbons (Fsp3) is 0.412.